The predicted octanol–water partition coefficient (Wildman–Crippen LogP) is 5.72. The lowest BCUT2D eigenvalue weighted by Gasteiger charge is -2.09. The molecule has 0 aliphatic carbocycles. The summed E-state index contributed by atoms with van der Waals surface area (Å²) in [5.41, 5.74) is 2.08. The number of ether oxygens (including phenoxy) is 1. The van der Waals surface area contributed by atoms with Crippen molar-refractivity contribution in [1.82, 2.24) is 10.2 Å². The van der Waals surface area contributed by atoms with Gasteiger partial charge in [0.05, 0.1) is 10.7 Å². The average Bonchev–Trinajstić information content (AvgIpc) is 3.30. The molecule has 1 aromatic heterocycles. The number of nitrogens with zero attached hydrogens (tertiary/aromatic N) is 2. The van der Waals surface area contributed by atoms with Crippen LogP contribution in [0, 0.1) is 12.7 Å². The molecule has 0 unspecified atom stereocenters. The van der Waals surface area contributed by atoms with Crippen LogP contribution in [0.4, 0.5) is 15.8 Å². The fraction of sp³-hybridized carbons (Fsp3) is 0.0833. The van der Waals surface area contributed by atoms with Crippen molar-refractivity contribution in [1.29, 1.82) is 0 Å². The number of nitrogens with one attached hydrogen (secondary N) is 2. The minimum Gasteiger partial charge on any atom is -0.486 e. The van der Waals surface area contributed by atoms with Crippen LogP contribution in [0.3, 0.4) is 0 Å². The quantitative estimate of drug-likeness (QED) is 0.341. The summed E-state index contributed by atoms with van der Waals surface area (Å²) in [7, 11) is 0. The van der Waals surface area contributed by atoms with Gasteiger partial charge in [0.2, 0.25) is 5.01 Å². The van der Waals surface area contributed by atoms with Crippen molar-refractivity contribution in [3.05, 3.63) is 98.7 Å². The molecule has 10 heteroatoms. The molecule has 172 valence electrons. The molecule has 4 rings (SSSR count). The number of benzene rings is 3. The number of anilines is 2. The molecular formula is C24H18ClFN4O3S. The fourth-order valence-corrected chi connectivity index (χ4v) is 3.75. The Bertz CT molecular complexity index is 1340. The normalized spacial score (nSPS) is 10.6. The smallest absolute Gasteiger partial charge is 0.286 e. The SMILES string of the molecule is Cc1ccc(OCc2nnc(C(=O)Nc3cccc(C(=O)Nc4ccc(F)cc4Cl)c3)s2)cc1. The Morgan fingerprint density at radius 1 is 1.00 bits per heavy atom. The molecule has 0 aliphatic heterocycles. The maximum absolute atomic E-state index is 13.2. The maximum atomic E-state index is 13.2. The van der Waals surface area contributed by atoms with E-state index in [0.29, 0.717) is 16.4 Å². The lowest BCUT2D eigenvalue weighted by molar-refractivity contribution is 0.101. The number of carbonyl (C=O) groups is 2. The number of aromatic nitrogens is 2. The molecule has 2 N–H and O–H groups in total. The fourth-order valence-electron chi connectivity index (χ4n) is 2.89. The third-order valence-electron chi connectivity index (χ3n) is 4.61. The van der Waals surface area contributed by atoms with Crippen molar-refractivity contribution in [2.24, 2.45) is 0 Å². The third kappa shape index (κ3) is 5.94. The Hall–Kier alpha value is -3.82. The highest BCUT2D eigenvalue weighted by atomic mass is 35.5. The number of carbonyl (C=O) groups excluding carboxylic acids is 2. The van der Waals surface area contributed by atoms with Crippen LogP contribution in [-0.4, -0.2) is 22.0 Å². The van der Waals surface area contributed by atoms with E-state index in [9.17, 15) is 14.0 Å². The Balaban J connectivity index is 1.37. The molecule has 0 saturated heterocycles. The van der Waals surface area contributed by atoms with Gasteiger partial charge in [0.1, 0.15) is 18.2 Å². The van der Waals surface area contributed by atoms with Gasteiger partial charge in [-0.05, 0) is 55.5 Å². The van der Waals surface area contributed by atoms with E-state index in [0.717, 1.165) is 23.0 Å². The molecule has 1 heterocycles. The van der Waals surface area contributed by atoms with E-state index in [1.54, 1.807) is 18.2 Å². The minimum atomic E-state index is -0.505. The Morgan fingerprint density at radius 2 is 1.79 bits per heavy atom. The topological polar surface area (TPSA) is 93.2 Å². The molecule has 7 nitrogen and oxygen atoms in total. The van der Waals surface area contributed by atoms with Crippen molar-refractivity contribution in [3.8, 4) is 5.75 Å². The van der Waals surface area contributed by atoms with Crippen molar-refractivity contribution in [2.75, 3.05) is 10.6 Å². The zero-order valence-electron chi connectivity index (χ0n) is 17.8. The highest BCUT2D eigenvalue weighted by Crippen LogP contribution is 2.24. The van der Waals surface area contributed by atoms with Gasteiger partial charge in [0.15, 0.2) is 5.01 Å². The molecule has 0 atom stereocenters. The second kappa shape index (κ2) is 10.4. The van der Waals surface area contributed by atoms with E-state index in [1.165, 1.54) is 18.2 Å². The monoisotopic (exact) mass is 496 g/mol. The maximum Gasteiger partial charge on any atom is 0.286 e. The van der Waals surface area contributed by atoms with Crippen LogP contribution in [0.5, 0.6) is 5.75 Å². The van der Waals surface area contributed by atoms with E-state index in [-0.39, 0.29) is 27.9 Å². The number of hydrogen-bond acceptors (Lipinski definition) is 6. The Kier molecular flexibility index (Phi) is 7.15. The molecule has 0 bridgehead atoms. The first-order valence-corrected chi connectivity index (χ1v) is 11.3. The second-order valence-corrected chi connectivity index (χ2v) is 8.69. The molecule has 0 radical (unpaired) electrons. The van der Waals surface area contributed by atoms with Gasteiger partial charge in [0, 0.05) is 11.3 Å². The van der Waals surface area contributed by atoms with Gasteiger partial charge in [-0.25, -0.2) is 4.39 Å². The summed E-state index contributed by atoms with van der Waals surface area (Å²) in [6.07, 6.45) is 0. The van der Waals surface area contributed by atoms with Gasteiger partial charge in [-0.3, -0.25) is 9.59 Å². The van der Waals surface area contributed by atoms with Crippen molar-refractivity contribution < 1.29 is 18.7 Å². The largest absolute Gasteiger partial charge is 0.486 e. The van der Waals surface area contributed by atoms with Crippen LogP contribution in [0.1, 0.15) is 30.7 Å². The summed E-state index contributed by atoms with van der Waals surface area (Å²) in [6, 6.07) is 17.6. The van der Waals surface area contributed by atoms with Crippen LogP contribution in [0.15, 0.2) is 66.7 Å². The molecule has 0 fully saturated rings. The van der Waals surface area contributed by atoms with E-state index in [4.69, 9.17) is 16.3 Å². The number of amides is 2. The highest BCUT2D eigenvalue weighted by molar-refractivity contribution is 7.13. The molecule has 4 aromatic rings. The van der Waals surface area contributed by atoms with Crippen molar-refractivity contribution in [3.63, 3.8) is 0 Å². The van der Waals surface area contributed by atoms with Crippen LogP contribution in [0.2, 0.25) is 5.02 Å². The van der Waals surface area contributed by atoms with Crippen LogP contribution >= 0.6 is 22.9 Å². The van der Waals surface area contributed by atoms with Crippen LogP contribution < -0.4 is 15.4 Å². The first-order chi connectivity index (χ1) is 16.4. The Morgan fingerprint density at radius 3 is 2.56 bits per heavy atom. The number of hydrogen-bond donors (Lipinski definition) is 2. The van der Waals surface area contributed by atoms with Gasteiger partial charge in [-0.2, -0.15) is 0 Å². The lowest BCUT2D eigenvalue weighted by atomic mass is 10.2. The summed E-state index contributed by atoms with van der Waals surface area (Å²) in [4.78, 5) is 25.2. The Labute approximate surface area is 203 Å². The lowest BCUT2D eigenvalue weighted by Crippen LogP contribution is -2.14. The summed E-state index contributed by atoms with van der Waals surface area (Å²) in [5, 5.41) is 14.0. The van der Waals surface area contributed by atoms with Gasteiger partial charge >= 0.3 is 0 Å². The summed E-state index contributed by atoms with van der Waals surface area (Å²) in [5.74, 6) is -0.729. The van der Waals surface area contributed by atoms with Gasteiger partial charge in [-0.15, -0.1) is 10.2 Å². The number of halogens is 2. The van der Waals surface area contributed by atoms with E-state index in [2.05, 4.69) is 20.8 Å². The molecule has 3 aromatic carbocycles. The van der Waals surface area contributed by atoms with Gasteiger partial charge in [-0.1, -0.05) is 46.7 Å². The molecule has 2 amide bonds. The van der Waals surface area contributed by atoms with Crippen molar-refractivity contribution >= 4 is 46.1 Å². The summed E-state index contributed by atoms with van der Waals surface area (Å²) < 4.78 is 18.9. The zero-order valence-corrected chi connectivity index (χ0v) is 19.4. The molecule has 0 saturated carbocycles. The second-order valence-electron chi connectivity index (χ2n) is 7.22. The third-order valence-corrected chi connectivity index (χ3v) is 5.81. The molecule has 0 aliphatic rings. The molecular weight excluding hydrogens is 479 g/mol. The first kappa shape index (κ1) is 23.3. The summed E-state index contributed by atoms with van der Waals surface area (Å²) >= 11 is 7.08. The van der Waals surface area contributed by atoms with Crippen LogP contribution in [-0.2, 0) is 6.61 Å². The predicted molar refractivity (Wildman–Crippen MR) is 129 cm³/mol. The van der Waals surface area contributed by atoms with Gasteiger partial charge < -0.3 is 15.4 Å². The zero-order chi connectivity index (χ0) is 24.1. The number of rotatable bonds is 7. The minimum absolute atomic E-state index is 0.0799. The first-order valence-electron chi connectivity index (χ1n) is 10.1. The molecule has 34 heavy (non-hydrogen) atoms. The van der Waals surface area contributed by atoms with Crippen LogP contribution in [0.25, 0.3) is 0 Å². The number of aryl methyl sites for hydroxylation is 1. The molecule has 0 spiro atoms. The van der Waals surface area contributed by atoms with Crippen molar-refractivity contribution in [2.45, 2.75) is 13.5 Å². The van der Waals surface area contributed by atoms with E-state index >= 15 is 0 Å². The standard InChI is InChI=1S/C24H18ClFN4O3S/c1-14-5-8-18(9-6-14)33-13-21-29-30-24(34-21)23(32)27-17-4-2-3-15(11-17)22(31)28-20-10-7-16(26)12-19(20)25/h2-12H,13H2,1H3,(H,27,32)(H,28,31). The summed E-state index contributed by atoms with van der Waals surface area (Å²) in [6.45, 7) is 2.18. The van der Waals surface area contributed by atoms with Gasteiger partial charge in [0.25, 0.3) is 11.8 Å². The average molecular weight is 497 g/mol. The van der Waals surface area contributed by atoms with E-state index in [1.807, 2.05) is 31.2 Å². The highest BCUT2D eigenvalue weighted by Gasteiger charge is 2.15. The van der Waals surface area contributed by atoms with E-state index < -0.39 is 17.6 Å².